The van der Waals surface area contributed by atoms with Gasteiger partial charge in [0.05, 0.1) is 0 Å². The number of ether oxygens (including phenoxy) is 1. The van der Waals surface area contributed by atoms with E-state index in [0.717, 1.165) is 39.2 Å². The quantitative estimate of drug-likeness (QED) is 0.457. The maximum atomic E-state index is 6.29. The summed E-state index contributed by atoms with van der Waals surface area (Å²) in [6.45, 7) is 6.60. The van der Waals surface area contributed by atoms with Crippen LogP contribution in [0.25, 0.3) is 22.1 Å². The number of hydrogen-bond acceptors (Lipinski definition) is 3. The summed E-state index contributed by atoms with van der Waals surface area (Å²) >= 11 is 0. The lowest BCUT2D eigenvalue weighted by Gasteiger charge is -2.16. The van der Waals surface area contributed by atoms with Crippen molar-refractivity contribution in [1.29, 1.82) is 0 Å². The zero-order valence-corrected chi connectivity index (χ0v) is 17.1. The van der Waals surface area contributed by atoms with E-state index in [1.807, 2.05) is 43.3 Å². The molecule has 0 amide bonds. The molecular formula is C26H25NO2. The number of allylic oxidation sites excluding steroid dienone is 2. The van der Waals surface area contributed by atoms with Crippen molar-refractivity contribution in [3.8, 4) is 16.9 Å². The van der Waals surface area contributed by atoms with Gasteiger partial charge >= 0.3 is 0 Å². The molecule has 0 bridgehead atoms. The first-order chi connectivity index (χ1) is 14.1. The van der Waals surface area contributed by atoms with Crippen LogP contribution in [0.15, 0.2) is 82.2 Å². The lowest BCUT2D eigenvalue weighted by atomic mass is 9.93. The molecule has 3 aromatic rings. The Hall–Kier alpha value is -3.33. The fourth-order valence-electron chi connectivity index (χ4n) is 3.60. The predicted octanol–water partition coefficient (Wildman–Crippen LogP) is 6.92. The predicted molar refractivity (Wildman–Crippen MR) is 120 cm³/mol. The van der Waals surface area contributed by atoms with Crippen molar-refractivity contribution in [2.75, 3.05) is 6.73 Å². The molecule has 4 rings (SSSR count). The maximum absolute atomic E-state index is 6.29. The molecule has 2 aromatic carbocycles. The summed E-state index contributed by atoms with van der Waals surface area (Å²) < 4.78 is 12.2. The van der Waals surface area contributed by atoms with Gasteiger partial charge in [0, 0.05) is 28.6 Å². The van der Waals surface area contributed by atoms with Crippen LogP contribution >= 0.6 is 0 Å². The van der Waals surface area contributed by atoms with Gasteiger partial charge < -0.3 is 9.15 Å². The Bertz CT molecular complexity index is 1150. The van der Waals surface area contributed by atoms with Gasteiger partial charge in [0.1, 0.15) is 17.1 Å². The highest BCUT2D eigenvalue weighted by Gasteiger charge is 2.14. The van der Waals surface area contributed by atoms with Crippen LogP contribution in [-0.2, 0) is 0 Å². The molecule has 3 nitrogen and oxygen atoms in total. The monoisotopic (exact) mass is 383 g/mol. The smallest absolute Gasteiger partial charge is 0.179 e. The molecule has 0 saturated heterocycles. The lowest BCUT2D eigenvalue weighted by molar-refractivity contribution is 0.328. The standard InChI is InChI=1S/C26H25NO2/c1-18-14-22-10-6-4-5-9-20(3)29-26(22)24(15-18)21-11-12-25-23(16-21)19(2)8-7-13-27-17-28-25/h4-16,19H,17H2,1-3H3/b5-4?,8-7-,10-6?,20-9?,27-13-. The molecule has 0 spiro atoms. The van der Waals surface area contributed by atoms with Gasteiger partial charge in [-0.15, -0.1) is 0 Å². The van der Waals surface area contributed by atoms with Gasteiger partial charge in [-0.25, -0.2) is 0 Å². The summed E-state index contributed by atoms with van der Waals surface area (Å²) in [5, 5.41) is 1.07. The van der Waals surface area contributed by atoms with Crippen LogP contribution in [0, 0.1) is 13.8 Å². The van der Waals surface area contributed by atoms with Crippen molar-refractivity contribution in [2.24, 2.45) is 4.99 Å². The van der Waals surface area contributed by atoms with Crippen molar-refractivity contribution in [3.05, 3.63) is 89.7 Å². The Labute approximate surface area is 171 Å². The van der Waals surface area contributed by atoms with E-state index in [1.54, 1.807) is 6.21 Å². The molecule has 29 heavy (non-hydrogen) atoms. The van der Waals surface area contributed by atoms with Gasteiger partial charge in [-0.2, -0.15) is 0 Å². The molecule has 3 heteroatoms. The summed E-state index contributed by atoms with van der Waals surface area (Å²) in [5.74, 6) is 1.95. The number of benzene rings is 2. The first kappa shape index (κ1) is 19.0. The Morgan fingerprint density at radius 1 is 0.966 bits per heavy atom. The van der Waals surface area contributed by atoms with Crippen LogP contribution in [0.1, 0.15) is 29.7 Å². The fraction of sp³-hybridized carbons (Fsp3) is 0.192. The molecule has 1 aliphatic rings. The molecule has 146 valence electrons. The molecule has 0 N–H and O–H groups in total. The van der Waals surface area contributed by atoms with Crippen molar-refractivity contribution in [3.63, 3.8) is 0 Å². The number of rotatable bonds is 1. The zero-order chi connectivity index (χ0) is 20.2. The van der Waals surface area contributed by atoms with Crippen LogP contribution in [0.2, 0.25) is 0 Å². The third-order valence-corrected chi connectivity index (χ3v) is 5.05. The Morgan fingerprint density at radius 3 is 2.72 bits per heavy atom. The van der Waals surface area contributed by atoms with Gasteiger partial charge in [-0.3, -0.25) is 4.99 Å². The second kappa shape index (κ2) is 8.36. The highest BCUT2D eigenvalue weighted by Crippen LogP contribution is 2.36. The van der Waals surface area contributed by atoms with Gasteiger partial charge in [-0.05, 0) is 61.4 Å². The first-order valence-electron chi connectivity index (χ1n) is 9.89. The molecule has 0 saturated carbocycles. The van der Waals surface area contributed by atoms with Crippen molar-refractivity contribution in [1.82, 2.24) is 0 Å². The van der Waals surface area contributed by atoms with E-state index in [0.29, 0.717) is 6.73 Å². The van der Waals surface area contributed by atoms with E-state index in [1.165, 1.54) is 5.56 Å². The average molecular weight is 383 g/mol. The van der Waals surface area contributed by atoms with Crippen LogP contribution in [-0.4, -0.2) is 12.9 Å². The lowest BCUT2D eigenvalue weighted by Crippen LogP contribution is -1.99. The molecule has 2 heterocycles. The van der Waals surface area contributed by atoms with Gasteiger partial charge in [0.15, 0.2) is 6.73 Å². The summed E-state index contributed by atoms with van der Waals surface area (Å²) in [6.07, 6.45) is 5.92. The van der Waals surface area contributed by atoms with Crippen molar-refractivity contribution in [2.45, 2.75) is 26.7 Å². The third-order valence-electron chi connectivity index (χ3n) is 5.05. The second-order valence-corrected chi connectivity index (χ2v) is 7.39. The summed E-state index contributed by atoms with van der Waals surface area (Å²) in [5.41, 5.74) is 5.40. The molecule has 1 atom stereocenters. The minimum absolute atomic E-state index is 0.218. The topological polar surface area (TPSA) is 34.7 Å². The van der Waals surface area contributed by atoms with E-state index in [9.17, 15) is 0 Å². The second-order valence-electron chi connectivity index (χ2n) is 7.39. The van der Waals surface area contributed by atoms with E-state index in [4.69, 9.17) is 9.15 Å². The van der Waals surface area contributed by atoms with Gasteiger partial charge in [0.2, 0.25) is 0 Å². The number of nitrogens with zero attached hydrogens (tertiary/aromatic N) is 1. The highest BCUT2D eigenvalue weighted by atomic mass is 16.5. The van der Waals surface area contributed by atoms with Crippen molar-refractivity contribution >= 4 is 17.2 Å². The molecule has 1 unspecified atom stereocenters. The van der Waals surface area contributed by atoms with Crippen LogP contribution in [0.5, 0.6) is 5.75 Å². The fourth-order valence-corrected chi connectivity index (χ4v) is 3.60. The molecule has 1 aromatic heterocycles. The van der Waals surface area contributed by atoms with E-state index < -0.39 is 0 Å². The Kier molecular flexibility index (Phi) is 5.48. The summed E-state index contributed by atoms with van der Waals surface area (Å²) in [7, 11) is 0. The van der Waals surface area contributed by atoms with Crippen LogP contribution < -0.4 is 4.74 Å². The largest absolute Gasteiger partial charge is 0.471 e. The zero-order valence-electron chi connectivity index (χ0n) is 17.1. The normalized spacial score (nSPS) is 17.8. The summed E-state index contributed by atoms with van der Waals surface area (Å²) in [6, 6.07) is 20.8. The number of aliphatic imine (C=N–C) groups is 1. The molecule has 0 fully saturated rings. The third kappa shape index (κ3) is 4.24. The molecule has 0 radical (unpaired) electrons. The van der Waals surface area contributed by atoms with Crippen LogP contribution in [0.4, 0.5) is 0 Å². The van der Waals surface area contributed by atoms with E-state index >= 15 is 0 Å². The number of hydrogen-bond donors (Lipinski definition) is 0. The SMILES string of the molecule is Cc1cc(-c2ccc3c(c2)C(C)/C=C\C=N/CO3)c2oc(C)cccccc2c1. The van der Waals surface area contributed by atoms with Crippen molar-refractivity contribution < 1.29 is 9.15 Å². The average Bonchev–Trinajstić information content (AvgIpc) is 2.85. The van der Waals surface area contributed by atoms with Gasteiger partial charge in [-0.1, -0.05) is 43.3 Å². The molecule has 0 aliphatic carbocycles. The summed E-state index contributed by atoms with van der Waals surface area (Å²) in [4.78, 5) is 4.24. The van der Waals surface area contributed by atoms with Gasteiger partial charge in [0.25, 0.3) is 0 Å². The minimum atomic E-state index is 0.218. The van der Waals surface area contributed by atoms with Crippen LogP contribution in [0.3, 0.4) is 0 Å². The Morgan fingerprint density at radius 2 is 1.83 bits per heavy atom. The number of fused-ring (bicyclic) bond motifs is 2. The molecular weight excluding hydrogens is 358 g/mol. The maximum Gasteiger partial charge on any atom is 0.179 e. The highest BCUT2D eigenvalue weighted by molar-refractivity contribution is 5.92. The molecule has 1 aliphatic heterocycles. The Balaban J connectivity index is 1.97. The number of aryl methyl sites for hydroxylation is 2. The van der Waals surface area contributed by atoms with E-state index in [-0.39, 0.29) is 5.92 Å². The minimum Gasteiger partial charge on any atom is -0.471 e. The van der Waals surface area contributed by atoms with E-state index in [2.05, 4.69) is 55.2 Å². The first-order valence-corrected chi connectivity index (χ1v) is 9.89.